The van der Waals surface area contributed by atoms with Crippen LogP contribution in [0.1, 0.15) is 48.0 Å². The van der Waals surface area contributed by atoms with E-state index >= 15 is 8.78 Å². The predicted octanol–water partition coefficient (Wildman–Crippen LogP) is 7.52. The normalized spacial score (nSPS) is 13.2. The molecule has 0 fully saturated rings. The van der Waals surface area contributed by atoms with Gasteiger partial charge in [0.2, 0.25) is 0 Å². The first-order valence-corrected chi connectivity index (χ1v) is 16.7. The fourth-order valence-electron chi connectivity index (χ4n) is 3.90. The van der Waals surface area contributed by atoms with Crippen LogP contribution in [0.2, 0.25) is 0 Å². The zero-order valence-electron chi connectivity index (χ0n) is 25.5. The minimum Gasteiger partial charge on any atom is -0.482 e. The van der Waals surface area contributed by atoms with E-state index in [9.17, 15) is 18.0 Å². The molecule has 0 radical (unpaired) electrons. The van der Waals surface area contributed by atoms with Crippen molar-refractivity contribution in [3.05, 3.63) is 84.9 Å². The van der Waals surface area contributed by atoms with Crippen molar-refractivity contribution in [2.45, 2.75) is 73.5 Å². The van der Waals surface area contributed by atoms with Crippen molar-refractivity contribution in [3.8, 4) is 5.75 Å². The summed E-state index contributed by atoms with van der Waals surface area (Å²) < 4.78 is 78.8. The lowest BCUT2D eigenvalue weighted by molar-refractivity contribution is -0.157. The first-order chi connectivity index (χ1) is 20.3. The van der Waals surface area contributed by atoms with Gasteiger partial charge < -0.3 is 14.2 Å². The van der Waals surface area contributed by atoms with E-state index < -0.39 is 55.2 Å². The van der Waals surface area contributed by atoms with Gasteiger partial charge in [-0.1, -0.05) is 57.2 Å². The fourth-order valence-corrected chi connectivity index (χ4v) is 8.93. The smallest absolute Gasteiger partial charge is 0.403 e. The van der Waals surface area contributed by atoms with E-state index in [1.807, 2.05) is 0 Å². The number of alkyl halides is 2. The van der Waals surface area contributed by atoms with E-state index in [-0.39, 0.29) is 23.7 Å². The Kier molecular flexibility index (Phi) is 10.9. The lowest BCUT2D eigenvalue weighted by Crippen LogP contribution is -2.37. The van der Waals surface area contributed by atoms with Crippen LogP contribution < -0.4 is 4.74 Å². The molecule has 0 aliphatic heterocycles. The van der Waals surface area contributed by atoms with Gasteiger partial charge in [0.15, 0.2) is 13.2 Å². The van der Waals surface area contributed by atoms with E-state index in [0.717, 1.165) is 0 Å². The van der Waals surface area contributed by atoms with Gasteiger partial charge in [-0.2, -0.15) is 17.2 Å². The lowest BCUT2D eigenvalue weighted by Gasteiger charge is -2.40. The summed E-state index contributed by atoms with van der Waals surface area (Å²) in [5, 5.41) is -4.57. The molecule has 0 heterocycles. The van der Waals surface area contributed by atoms with E-state index in [1.165, 1.54) is 24.3 Å². The van der Waals surface area contributed by atoms with Crippen molar-refractivity contribution in [2.75, 3.05) is 13.2 Å². The number of benzene rings is 3. The summed E-state index contributed by atoms with van der Waals surface area (Å²) in [6.45, 7) is 8.25. The molecule has 12 heteroatoms. The Bertz CT molecular complexity index is 1470. The summed E-state index contributed by atoms with van der Waals surface area (Å²) >= 11 is 0. The molecule has 0 aliphatic rings. The molecular formula is C32H38F2O8S2. The predicted molar refractivity (Wildman–Crippen MR) is 163 cm³/mol. The third kappa shape index (κ3) is 9.26. The molecular weight excluding hydrogens is 614 g/mol. The molecule has 44 heavy (non-hydrogen) atoms. The van der Waals surface area contributed by atoms with Crippen molar-refractivity contribution in [3.63, 3.8) is 0 Å². The standard InChI is InChI=1S/C32H38F2O8S2/c1-30(2,3)21-28(35)40-23-32(33,34)44(37,38)42-43(25-13-9-7-10-14-25,26-15-11-8-12-16-26)27-19-17-24(18-20-27)39-22-29(36)41-31(4,5)6/h7-20H,21-23H2,1-6H3. The van der Waals surface area contributed by atoms with Crippen LogP contribution in [-0.4, -0.2) is 44.4 Å². The van der Waals surface area contributed by atoms with Gasteiger partial charge in [0.1, 0.15) is 11.4 Å². The minimum absolute atomic E-state index is 0.185. The number of esters is 2. The van der Waals surface area contributed by atoms with Crippen molar-refractivity contribution >= 4 is 32.4 Å². The summed E-state index contributed by atoms with van der Waals surface area (Å²) in [4.78, 5) is 25.1. The Balaban J connectivity index is 2.05. The molecule has 0 N–H and O–H groups in total. The molecule has 0 aliphatic carbocycles. The van der Waals surface area contributed by atoms with E-state index in [0.29, 0.717) is 9.79 Å². The van der Waals surface area contributed by atoms with E-state index in [2.05, 4.69) is 0 Å². The summed E-state index contributed by atoms with van der Waals surface area (Å²) in [5.41, 5.74) is -1.25. The average Bonchev–Trinajstić information content (AvgIpc) is 2.93. The number of carbonyl (C=O) groups excluding carboxylic acids is 2. The van der Waals surface area contributed by atoms with Crippen molar-refractivity contribution in [1.29, 1.82) is 0 Å². The van der Waals surface area contributed by atoms with Crippen LogP contribution in [0.5, 0.6) is 5.75 Å². The highest BCUT2D eigenvalue weighted by atomic mass is 32.3. The van der Waals surface area contributed by atoms with Gasteiger partial charge in [0, 0.05) is 14.7 Å². The lowest BCUT2D eigenvalue weighted by atomic mass is 9.93. The molecule has 3 rings (SSSR count). The van der Waals surface area contributed by atoms with Gasteiger partial charge in [0.25, 0.3) is 0 Å². The molecule has 3 aromatic rings. The second kappa shape index (κ2) is 13.7. The highest BCUT2D eigenvalue weighted by Crippen LogP contribution is 2.70. The number of ether oxygens (including phenoxy) is 3. The molecule has 0 saturated carbocycles. The van der Waals surface area contributed by atoms with E-state index in [4.69, 9.17) is 17.8 Å². The first-order valence-electron chi connectivity index (χ1n) is 13.7. The first kappa shape index (κ1) is 35.0. The number of hydrogen-bond acceptors (Lipinski definition) is 8. The van der Waals surface area contributed by atoms with Gasteiger partial charge >= 0.3 is 27.3 Å². The Morgan fingerprint density at radius 1 is 0.705 bits per heavy atom. The largest absolute Gasteiger partial charge is 0.482 e. The maximum absolute atomic E-state index is 15.4. The van der Waals surface area contributed by atoms with Crippen LogP contribution in [0, 0.1) is 5.41 Å². The second-order valence-electron chi connectivity index (χ2n) is 12.1. The zero-order chi connectivity index (χ0) is 32.8. The van der Waals surface area contributed by atoms with Crippen LogP contribution in [0.4, 0.5) is 8.78 Å². The van der Waals surface area contributed by atoms with Crippen LogP contribution in [0.15, 0.2) is 99.6 Å². The average molecular weight is 653 g/mol. The van der Waals surface area contributed by atoms with Gasteiger partial charge in [-0.25, -0.2) is 8.42 Å². The highest BCUT2D eigenvalue weighted by molar-refractivity contribution is 8.33. The summed E-state index contributed by atoms with van der Waals surface area (Å²) in [7, 11) is -9.08. The maximum Gasteiger partial charge on any atom is 0.403 e. The van der Waals surface area contributed by atoms with Crippen LogP contribution in [0.25, 0.3) is 0 Å². The Morgan fingerprint density at radius 2 is 1.18 bits per heavy atom. The fraction of sp³-hybridized carbons (Fsp3) is 0.375. The van der Waals surface area contributed by atoms with Crippen LogP contribution in [-0.2, 0) is 32.8 Å². The molecule has 0 bridgehead atoms. The zero-order valence-corrected chi connectivity index (χ0v) is 27.2. The van der Waals surface area contributed by atoms with Gasteiger partial charge in [0.05, 0.1) is 6.42 Å². The topological polar surface area (TPSA) is 105 Å². The molecule has 3 aromatic carbocycles. The molecule has 0 atom stereocenters. The summed E-state index contributed by atoms with van der Waals surface area (Å²) in [6.07, 6.45) is -0.185. The Labute approximate surface area is 259 Å². The van der Waals surface area contributed by atoms with Crippen molar-refractivity contribution < 1.29 is 44.6 Å². The molecule has 0 spiro atoms. The summed E-state index contributed by atoms with van der Waals surface area (Å²) in [5.74, 6) is -1.29. The third-order valence-electron chi connectivity index (χ3n) is 5.72. The Morgan fingerprint density at radius 3 is 1.64 bits per heavy atom. The SMILES string of the molecule is CC(C)(C)CC(=O)OCC(F)(F)S(=O)(=O)OS(c1ccccc1)(c1ccccc1)c1ccc(OCC(=O)OC(C)(C)C)cc1. The van der Waals surface area contributed by atoms with E-state index in [1.54, 1.807) is 102 Å². The minimum atomic E-state index is -5.72. The molecule has 240 valence electrons. The second-order valence-corrected chi connectivity index (χ2v) is 16.7. The third-order valence-corrected chi connectivity index (χ3v) is 10.9. The molecule has 0 saturated heterocycles. The molecule has 0 amide bonds. The molecule has 8 nitrogen and oxygen atoms in total. The number of rotatable bonds is 12. The quantitative estimate of drug-likeness (QED) is 0.185. The number of halogens is 2. The maximum atomic E-state index is 15.4. The highest BCUT2D eigenvalue weighted by Gasteiger charge is 2.52. The molecule has 0 unspecified atom stereocenters. The molecule has 0 aromatic heterocycles. The van der Waals surface area contributed by atoms with Crippen LogP contribution >= 0.6 is 10.3 Å². The number of carbonyl (C=O) groups is 2. The number of hydrogen-bond donors (Lipinski definition) is 0. The monoisotopic (exact) mass is 652 g/mol. The van der Waals surface area contributed by atoms with Gasteiger partial charge in [-0.05, 0) is 85.0 Å². The van der Waals surface area contributed by atoms with Gasteiger partial charge in [-0.15, -0.1) is 0 Å². The van der Waals surface area contributed by atoms with Crippen LogP contribution in [0.3, 0.4) is 0 Å². The summed E-state index contributed by atoms with van der Waals surface area (Å²) in [6, 6.07) is 22.3. The van der Waals surface area contributed by atoms with Gasteiger partial charge in [-0.3, -0.25) is 4.79 Å². The Hall–Kier alpha value is -3.48. The van der Waals surface area contributed by atoms with Crippen molar-refractivity contribution in [1.82, 2.24) is 0 Å². The van der Waals surface area contributed by atoms with Crippen molar-refractivity contribution in [2.24, 2.45) is 5.41 Å².